The molecule has 1 aromatic heterocycles. The molecule has 0 spiro atoms. The molecular weight excluding hydrogens is 394 g/mol. The van der Waals surface area contributed by atoms with Gasteiger partial charge in [-0.1, -0.05) is 18.3 Å². The third-order valence-corrected chi connectivity index (χ3v) is 6.38. The molecule has 0 radical (unpaired) electrons. The average Bonchev–Trinajstić information content (AvgIpc) is 3.23. The zero-order valence-corrected chi connectivity index (χ0v) is 17.2. The van der Waals surface area contributed by atoms with Crippen LogP contribution in [0, 0.1) is 0 Å². The number of morpholine rings is 1. The fraction of sp³-hybridized carbons (Fsp3) is 0.474. The number of thiazole rings is 1. The van der Waals surface area contributed by atoms with Gasteiger partial charge in [0.1, 0.15) is 12.1 Å². The maximum atomic E-state index is 12.4. The van der Waals surface area contributed by atoms with Gasteiger partial charge in [-0.05, 0) is 31.5 Å². The van der Waals surface area contributed by atoms with Crippen LogP contribution in [-0.4, -0.2) is 66.1 Å². The molecule has 4 rings (SSSR count). The van der Waals surface area contributed by atoms with Gasteiger partial charge < -0.3 is 20.3 Å². The zero-order valence-electron chi connectivity index (χ0n) is 16.4. The van der Waals surface area contributed by atoms with E-state index in [1.807, 2.05) is 19.1 Å². The third kappa shape index (κ3) is 3.77. The Balaban J connectivity index is 1.44. The molecule has 2 aliphatic rings. The van der Waals surface area contributed by atoms with Gasteiger partial charge in [0.2, 0.25) is 5.91 Å². The van der Waals surface area contributed by atoms with E-state index in [2.05, 4.69) is 20.5 Å². The van der Waals surface area contributed by atoms with Crippen LogP contribution in [0.25, 0.3) is 10.2 Å². The lowest BCUT2D eigenvalue weighted by atomic mass is 9.99. The average molecular weight is 417 g/mol. The molecule has 10 heteroatoms. The third-order valence-electron chi connectivity index (χ3n) is 5.30. The fourth-order valence-electron chi connectivity index (χ4n) is 3.35. The summed E-state index contributed by atoms with van der Waals surface area (Å²) in [5, 5.41) is 6.35. The van der Waals surface area contributed by atoms with Crippen molar-refractivity contribution < 1.29 is 19.1 Å². The van der Waals surface area contributed by atoms with Crippen molar-refractivity contribution in [2.75, 3.05) is 43.1 Å². The standard InChI is InChI=1S/C19H23N5O4S/c1-3-19(2)16(26)24(17(27)22-19)11-15(25)20-12-4-5-13-14(10-12)29-18(21-13)23-6-8-28-9-7-23/h4-5,10H,3,6-9,11H2,1-2H3,(H,20,25)(H,22,27)/t19-/m1/s1. The number of anilines is 2. The molecule has 2 aliphatic heterocycles. The van der Waals surface area contributed by atoms with Crippen LogP contribution >= 0.6 is 11.3 Å². The second-order valence-corrected chi connectivity index (χ2v) is 8.34. The maximum absolute atomic E-state index is 12.4. The Hall–Kier alpha value is -2.72. The number of imide groups is 1. The van der Waals surface area contributed by atoms with Crippen LogP contribution in [-0.2, 0) is 14.3 Å². The predicted molar refractivity (Wildman–Crippen MR) is 110 cm³/mol. The van der Waals surface area contributed by atoms with E-state index in [1.54, 1.807) is 24.3 Å². The first kappa shape index (κ1) is 19.6. The van der Waals surface area contributed by atoms with E-state index in [0.29, 0.717) is 25.3 Å². The number of hydrogen-bond donors (Lipinski definition) is 2. The van der Waals surface area contributed by atoms with E-state index in [4.69, 9.17) is 4.74 Å². The molecule has 154 valence electrons. The molecule has 0 bridgehead atoms. The highest BCUT2D eigenvalue weighted by Gasteiger charge is 2.46. The van der Waals surface area contributed by atoms with Crippen LogP contribution in [0.5, 0.6) is 0 Å². The minimum Gasteiger partial charge on any atom is -0.378 e. The number of nitrogens with one attached hydrogen (secondary N) is 2. The minimum atomic E-state index is -0.950. The number of rotatable bonds is 5. The monoisotopic (exact) mass is 417 g/mol. The summed E-state index contributed by atoms with van der Waals surface area (Å²) in [5.74, 6) is -0.806. The van der Waals surface area contributed by atoms with E-state index in [0.717, 1.165) is 33.3 Å². The van der Waals surface area contributed by atoms with Gasteiger partial charge in [0.25, 0.3) is 5.91 Å². The highest BCUT2D eigenvalue weighted by atomic mass is 32.1. The number of aromatic nitrogens is 1. The van der Waals surface area contributed by atoms with Crippen LogP contribution in [0.2, 0.25) is 0 Å². The van der Waals surface area contributed by atoms with Crippen molar-refractivity contribution in [2.45, 2.75) is 25.8 Å². The predicted octanol–water partition coefficient (Wildman–Crippen LogP) is 1.79. The lowest BCUT2D eigenvalue weighted by molar-refractivity contribution is -0.133. The quantitative estimate of drug-likeness (QED) is 0.719. The highest BCUT2D eigenvalue weighted by molar-refractivity contribution is 7.22. The van der Waals surface area contributed by atoms with Crippen molar-refractivity contribution in [1.29, 1.82) is 0 Å². The lowest BCUT2D eigenvalue weighted by Crippen LogP contribution is -2.44. The number of benzene rings is 1. The summed E-state index contributed by atoms with van der Waals surface area (Å²) in [6.45, 7) is 6.17. The molecule has 4 amide bonds. The molecule has 2 saturated heterocycles. The van der Waals surface area contributed by atoms with E-state index in [-0.39, 0.29) is 12.5 Å². The zero-order chi connectivity index (χ0) is 20.6. The normalized spacial score (nSPS) is 22.3. The van der Waals surface area contributed by atoms with Crippen molar-refractivity contribution in [1.82, 2.24) is 15.2 Å². The van der Waals surface area contributed by atoms with Crippen molar-refractivity contribution in [2.24, 2.45) is 0 Å². The Labute approximate surface area is 172 Å². The van der Waals surface area contributed by atoms with Crippen LogP contribution < -0.4 is 15.5 Å². The molecule has 0 saturated carbocycles. The summed E-state index contributed by atoms with van der Waals surface area (Å²) in [6.07, 6.45) is 0.462. The first-order valence-electron chi connectivity index (χ1n) is 9.57. The fourth-order valence-corrected chi connectivity index (χ4v) is 4.41. The first-order chi connectivity index (χ1) is 13.9. The van der Waals surface area contributed by atoms with Gasteiger partial charge in [-0.3, -0.25) is 14.5 Å². The summed E-state index contributed by atoms with van der Waals surface area (Å²) < 4.78 is 6.34. The molecule has 1 aromatic carbocycles. The van der Waals surface area contributed by atoms with Gasteiger partial charge in [-0.25, -0.2) is 9.78 Å². The second kappa shape index (κ2) is 7.60. The number of carbonyl (C=O) groups excluding carboxylic acids is 3. The van der Waals surface area contributed by atoms with Gasteiger partial charge in [0.15, 0.2) is 5.13 Å². The number of carbonyl (C=O) groups is 3. The van der Waals surface area contributed by atoms with Crippen LogP contribution in [0.3, 0.4) is 0 Å². The summed E-state index contributed by atoms with van der Waals surface area (Å²) in [7, 11) is 0. The van der Waals surface area contributed by atoms with Gasteiger partial charge in [-0.2, -0.15) is 0 Å². The van der Waals surface area contributed by atoms with Crippen LogP contribution in [0.1, 0.15) is 20.3 Å². The molecular formula is C19H23N5O4S. The van der Waals surface area contributed by atoms with Gasteiger partial charge >= 0.3 is 6.03 Å². The molecule has 2 N–H and O–H groups in total. The Morgan fingerprint density at radius 3 is 2.79 bits per heavy atom. The van der Waals surface area contributed by atoms with Crippen LogP contribution in [0.4, 0.5) is 15.6 Å². The molecule has 9 nitrogen and oxygen atoms in total. The molecule has 29 heavy (non-hydrogen) atoms. The number of hydrogen-bond acceptors (Lipinski definition) is 7. The van der Waals surface area contributed by atoms with Gasteiger partial charge in [0.05, 0.1) is 23.4 Å². The molecule has 0 aliphatic carbocycles. The first-order valence-corrected chi connectivity index (χ1v) is 10.4. The number of urea groups is 1. The number of amides is 4. The van der Waals surface area contributed by atoms with Crippen molar-refractivity contribution in [3.63, 3.8) is 0 Å². The SMILES string of the molecule is CC[C@@]1(C)NC(=O)N(CC(=O)Nc2ccc3nc(N4CCOCC4)sc3c2)C1=O. The Kier molecular flexibility index (Phi) is 5.13. The smallest absolute Gasteiger partial charge is 0.325 e. The molecule has 1 atom stereocenters. The lowest BCUT2D eigenvalue weighted by Gasteiger charge is -2.25. The molecule has 0 unspecified atom stereocenters. The number of nitrogens with zero attached hydrogens (tertiary/aromatic N) is 3. The van der Waals surface area contributed by atoms with E-state index < -0.39 is 17.5 Å². The van der Waals surface area contributed by atoms with E-state index in [9.17, 15) is 14.4 Å². The summed E-state index contributed by atoms with van der Waals surface area (Å²) in [4.78, 5) is 44.7. The second-order valence-electron chi connectivity index (χ2n) is 7.33. The summed E-state index contributed by atoms with van der Waals surface area (Å²) in [6, 6.07) is 4.94. The minimum absolute atomic E-state index is 0.319. The van der Waals surface area contributed by atoms with Crippen LogP contribution in [0.15, 0.2) is 18.2 Å². The highest BCUT2D eigenvalue weighted by Crippen LogP contribution is 2.31. The topological polar surface area (TPSA) is 104 Å². The van der Waals surface area contributed by atoms with Crippen molar-refractivity contribution >= 4 is 50.2 Å². The molecule has 2 fully saturated rings. The van der Waals surface area contributed by atoms with Gasteiger partial charge in [0, 0.05) is 18.8 Å². The van der Waals surface area contributed by atoms with Crippen molar-refractivity contribution in [3.05, 3.63) is 18.2 Å². The molecule has 3 heterocycles. The Morgan fingerprint density at radius 1 is 1.34 bits per heavy atom. The number of ether oxygens (including phenoxy) is 1. The van der Waals surface area contributed by atoms with Gasteiger partial charge in [-0.15, -0.1) is 0 Å². The Bertz CT molecular complexity index is 971. The number of fused-ring (bicyclic) bond motifs is 1. The van der Waals surface area contributed by atoms with E-state index in [1.165, 1.54) is 0 Å². The van der Waals surface area contributed by atoms with Crippen molar-refractivity contribution in [3.8, 4) is 0 Å². The largest absolute Gasteiger partial charge is 0.378 e. The Morgan fingerprint density at radius 2 is 2.10 bits per heavy atom. The maximum Gasteiger partial charge on any atom is 0.325 e. The summed E-state index contributed by atoms with van der Waals surface area (Å²) >= 11 is 1.56. The van der Waals surface area contributed by atoms with E-state index >= 15 is 0 Å². The molecule has 2 aromatic rings. The summed E-state index contributed by atoms with van der Waals surface area (Å²) in [5.41, 5.74) is 0.515.